The summed E-state index contributed by atoms with van der Waals surface area (Å²) in [5, 5.41) is 0. The van der Waals surface area contributed by atoms with Crippen LogP contribution >= 0.6 is 0 Å². The number of aromatic nitrogens is 12. The number of ether oxygens (including phenoxy) is 6. The molecule has 18 nitrogen and oxygen atoms in total. The molecule has 0 amide bonds. The molecule has 0 atom stereocenters. The van der Waals surface area contributed by atoms with Crippen LogP contribution in [-0.2, 0) is 0 Å². The molecule has 6 heterocycles. The highest BCUT2D eigenvalue weighted by molar-refractivity contribution is 6.20. The van der Waals surface area contributed by atoms with E-state index in [9.17, 15) is 0 Å². The first kappa shape index (κ1) is 47.1. The molecule has 6 aromatic heterocycles. The second-order valence-corrected chi connectivity index (χ2v) is 17.8. The van der Waals surface area contributed by atoms with Crippen LogP contribution in [0.3, 0.4) is 0 Å². The summed E-state index contributed by atoms with van der Waals surface area (Å²) in [4.78, 5) is 63.0. The zero-order valence-electron chi connectivity index (χ0n) is 42.7. The normalized spacial score (nSPS) is 11.5. The number of nitrogens with zero attached hydrogens (tertiary/aromatic N) is 12. The zero-order chi connectivity index (χ0) is 53.0. The van der Waals surface area contributed by atoms with Crippen molar-refractivity contribution < 1.29 is 28.4 Å². The predicted octanol–water partition coefficient (Wildman–Crippen LogP) is 11.4. The molecule has 0 N–H and O–H groups in total. The van der Waals surface area contributed by atoms with Crippen LogP contribution in [0.1, 0.15) is 0 Å². The Bertz CT molecular complexity index is 3710. The maximum Gasteiger partial charge on any atom is 0.199 e. The van der Waals surface area contributed by atoms with E-state index in [0.717, 1.165) is 33.4 Å². The minimum atomic E-state index is 0.243. The first-order chi connectivity index (χ1) is 38.3. The van der Waals surface area contributed by atoms with Gasteiger partial charge in [-0.2, -0.15) is 0 Å². The Balaban J connectivity index is 1.13. The maximum atomic E-state index is 5.52. The Morgan fingerprint density at radius 3 is 0.423 bits per heavy atom. The van der Waals surface area contributed by atoms with E-state index in [-0.39, 0.29) is 33.9 Å². The molecule has 378 valence electrons. The molecule has 13 aromatic rings. The van der Waals surface area contributed by atoms with Crippen molar-refractivity contribution in [2.75, 3.05) is 42.7 Å². The number of hydrogen-bond donors (Lipinski definition) is 0. The molecule has 0 unspecified atom stereocenters. The number of hydrogen-bond acceptors (Lipinski definition) is 18. The van der Waals surface area contributed by atoms with E-state index in [1.165, 1.54) is 0 Å². The van der Waals surface area contributed by atoms with Crippen molar-refractivity contribution in [2.45, 2.75) is 0 Å². The molecular weight excluding hydrogens is 985 g/mol. The molecule has 0 spiro atoms. The van der Waals surface area contributed by atoms with Gasteiger partial charge in [-0.15, -0.1) is 0 Å². The van der Waals surface area contributed by atoms with Gasteiger partial charge in [0, 0.05) is 33.4 Å². The van der Waals surface area contributed by atoms with Crippen molar-refractivity contribution in [1.82, 2.24) is 59.8 Å². The third-order valence-corrected chi connectivity index (χ3v) is 13.4. The van der Waals surface area contributed by atoms with E-state index in [0.29, 0.717) is 102 Å². The summed E-state index contributed by atoms with van der Waals surface area (Å²) < 4.78 is 33.1. The van der Waals surface area contributed by atoms with Crippen LogP contribution in [0.15, 0.2) is 146 Å². The molecule has 0 aliphatic rings. The number of fused-ring (bicyclic) bond motifs is 9. The lowest BCUT2D eigenvalue weighted by molar-refractivity contribution is 0.414. The van der Waals surface area contributed by atoms with Gasteiger partial charge in [0.05, 0.1) is 76.8 Å². The van der Waals surface area contributed by atoms with E-state index in [1.54, 1.807) is 42.7 Å². The highest BCUT2D eigenvalue weighted by atomic mass is 16.5. The van der Waals surface area contributed by atoms with Gasteiger partial charge < -0.3 is 28.4 Å². The summed E-state index contributed by atoms with van der Waals surface area (Å²) in [5.74, 6) is 4.13. The average Bonchev–Trinajstić information content (AvgIpc) is 3.68. The Morgan fingerprint density at radius 1 is 0.179 bits per heavy atom. The SMILES string of the molecule is COc1ccc(-c2nc3nc4c5nc6nc(-c7ccc(OC)cc7)c(-c7ccc(OC)cc7)nc6nc5c5nc6nc(-c7ccc(OC)cc7)c(-c7ccc(OC)cc7)nc6nc5c4nc3nc2-c2ccc(OC)cc2)cc1. The molecular formula is C60H42N12O6. The molecule has 0 saturated carbocycles. The standard InChI is InChI=1S/C60H42N12O6/c1-73-37-19-7-31(8-20-37)43-44(32-9-21-38(74-2)22-10-32)62-56-55(61-43)67-49-50(68-56)52-54(72-60-59(70-52)65-47(35-15-27-41(77-5)28-16-35)48(66-60)36-17-29-42(78-6)30-18-36)53-51(49)69-57-58(71-53)64-46(34-13-25-40(76-4)26-14-34)45(63-57)33-11-23-39(75-3)24-12-33/h7-30H,1-6H3. The van der Waals surface area contributed by atoms with E-state index in [1.807, 2.05) is 146 Å². The third-order valence-electron chi connectivity index (χ3n) is 13.4. The van der Waals surface area contributed by atoms with E-state index in [4.69, 9.17) is 88.2 Å². The minimum Gasteiger partial charge on any atom is -0.497 e. The molecule has 7 aromatic carbocycles. The molecule has 0 radical (unpaired) electrons. The van der Waals surface area contributed by atoms with Crippen LogP contribution in [0, 0.1) is 0 Å². The fourth-order valence-corrected chi connectivity index (χ4v) is 9.35. The summed E-state index contributed by atoms with van der Waals surface area (Å²) in [6.45, 7) is 0. The Morgan fingerprint density at radius 2 is 0.308 bits per heavy atom. The van der Waals surface area contributed by atoms with Crippen LogP contribution < -0.4 is 28.4 Å². The van der Waals surface area contributed by atoms with Gasteiger partial charge in [-0.3, -0.25) is 0 Å². The van der Waals surface area contributed by atoms with E-state index < -0.39 is 0 Å². The summed E-state index contributed by atoms with van der Waals surface area (Å²) >= 11 is 0. The predicted molar refractivity (Wildman–Crippen MR) is 297 cm³/mol. The quantitative estimate of drug-likeness (QED) is 0.0822. The first-order valence-electron chi connectivity index (χ1n) is 24.5. The van der Waals surface area contributed by atoms with Crippen molar-refractivity contribution in [2.24, 2.45) is 0 Å². The lowest BCUT2D eigenvalue weighted by Crippen LogP contribution is -2.05. The number of rotatable bonds is 12. The third kappa shape index (κ3) is 8.24. The van der Waals surface area contributed by atoms with Gasteiger partial charge in [0.2, 0.25) is 0 Å². The van der Waals surface area contributed by atoms with Crippen molar-refractivity contribution in [1.29, 1.82) is 0 Å². The summed E-state index contributed by atoms with van der Waals surface area (Å²) in [5.41, 5.74) is 11.4. The summed E-state index contributed by atoms with van der Waals surface area (Å²) in [6.07, 6.45) is 0. The number of methoxy groups -OCH3 is 6. The average molecular weight is 1030 g/mol. The topological polar surface area (TPSA) is 210 Å². The fraction of sp³-hybridized carbons (Fsp3) is 0.100. The molecule has 13 rings (SSSR count). The molecule has 0 saturated heterocycles. The molecule has 0 aliphatic heterocycles. The second kappa shape index (κ2) is 19.3. The first-order valence-corrected chi connectivity index (χ1v) is 24.5. The van der Waals surface area contributed by atoms with E-state index >= 15 is 0 Å². The van der Waals surface area contributed by atoms with Crippen molar-refractivity contribution in [3.8, 4) is 102 Å². The van der Waals surface area contributed by atoms with Gasteiger partial charge in [-0.1, -0.05) is 0 Å². The lowest BCUT2D eigenvalue weighted by atomic mass is 10.0. The summed E-state index contributed by atoms with van der Waals surface area (Å²) in [7, 11) is 9.74. The Hall–Kier alpha value is -10.6. The molecule has 78 heavy (non-hydrogen) atoms. The summed E-state index contributed by atoms with van der Waals surface area (Å²) in [6, 6.07) is 45.6. The molecule has 18 heteroatoms. The fourth-order valence-electron chi connectivity index (χ4n) is 9.35. The zero-order valence-corrected chi connectivity index (χ0v) is 42.7. The molecule has 0 fully saturated rings. The Labute approximate surface area is 443 Å². The maximum absolute atomic E-state index is 5.52. The van der Waals surface area contributed by atoms with Crippen LogP contribution in [0.5, 0.6) is 34.5 Å². The van der Waals surface area contributed by atoms with Gasteiger partial charge >= 0.3 is 0 Å². The van der Waals surface area contributed by atoms with Crippen molar-refractivity contribution in [3.05, 3.63) is 146 Å². The van der Waals surface area contributed by atoms with Gasteiger partial charge in [-0.25, -0.2) is 59.8 Å². The highest BCUT2D eigenvalue weighted by Crippen LogP contribution is 2.39. The van der Waals surface area contributed by atoms with Crippen LogP contribution in [0.25, 0.3) is 135 Å². The highest BCUT2D eigenvalue weighted by Gasteiger charge is 2.25. The Kier molecular flexibility index (Phi) is 11.6. The molecule has 0 aliphatic carbocycles. The monoisotopic (exact) mass is 1030 g/mol. The van der Waals surface area contributed by atoms with Gasteiger partial charge in [0.1, 0.15) is 67.6 Å². The minimum absolute atomic E-state index is 0.243. The van der Waals surface area contributed by atoms with Gasteiger partial charge in [-0.05, 0) is 146 Å². The smallest absolute Gasteiger partial charge is 0.199 e. The number of benzene rings is 7. The van der Waals surface area contributed by atoms with Gasteiger partial charge in [0.25, 0.3) is 0 Å². The van der Waals surface area contributed by atoms with Crippen LogP contribution in [0.4, 0.5) is 0 Å². The van der Waals surface area contributed by atoms with Crippen molar-refractivity contribution >= 4 is 67.0 Å². The largest absolute Gasteiger partial charge is 0.497 e. The van der Waals surface area contributed by atoms with Crippen LogP contribution in [0.2, 0.25) is 0 Å². The van der Waals surface area contributed by atoms with Crippen molar-refractivity contribution in [3.63, 3.8) is 0 Å². The lowest BCUT2D eigenvalue weighted by Gasteiger charge is -2.14. The van der Waals surface area contributed by atoms with Gasteiger partial charge in [0.15, 0.2) is 33.9 Å². The molecule has 0 bridgehead atoms. The van der Waals surface area contributed by atoms with Crippen LogP contribution in [-0.4, -0.2) is 102 Å². The second-order valence-electron chi connectivity index (χ2n) is 17.8. The van der Waals surface area contributed by atoms with E-state index in [2.05, 4.69) is 0 Å².